The monoisotopic (exact) mass is 752 g/mol. The first-order chi connectivity index (χ1) is 25.2. The number of benzene rings is 3. The molecule has 53 heavy (non-hydrogen) atoms. The number of carbonyl (C=O) groups excluding carboxylic acids is 4. The molecule has 5 rings (SSSR count). The molecule has 1 aliphatic rings. The number of amides is 3. The lowest BCUT2D eigenvalue weighted by Gasteiger charge is -2.33. The molecule has 0 saturated heterocycles. The number of nitrogens with one attached hydrogen (secondary N) is 3. The molecule has 0 spiro atoms. The summed E-state index contributed by atoms with van der Waals surface area (Å²) in [5.74, 6) is -1.07. The van der Waals surface area contributed by atoms with Crippen molar-refractivity contribution in [2.75, 3.05) is 36.2 Å². The second-order valence-electron chi connectivity index (χ2n) is 14.3. The lowest BCUT2D eigenvalue weighted by Crippen LogP contribution is -2.30. The van der Waals surface area contributed by atoms with Crippen LogP contribution in [0.25, 0.3) is 6.08 Å². The lowest BCUT2D eigenvalue weighted by molar-refractivity contribution is -0.115. The van der Waals surface area contributed by atoms with E-state index in [4.69, 9.17) is 4.74 Å². The molecular weight excluding hydrogens is 705 g/mol. The summed E-state index contributed by atoms with van der Waals surface area (Å²) in [7, 11) is 3.89. The van der Waals surface area contributed by atoms with E-state index in [1.807, 2.05) is 55.4 Å². The molecular formula is C42H48N4O5S2. The van der Waals surface area contributed by atoms with Gasteiger partial charge in [0.2, 0.25) is 5.91 Å². The number of rotatable bonds is 12. The molecule has 0 bridgehead atoms. The molecule has 278 valence electrons. The van der Waals surface area contributed by atoms with E-state index in [0.29, 0.717) is 27.7 Å². The second-order valence-corrected chi connectivity index (χ2v) is 16.8. The van der Waals surface area contributed by atoms with Crippen molar-refractivity contribution in [1.29, 1.82) is 0 Å². The normalized spacial score (nSPS) is 14.8. The Bertz CT molecular complexity index is 1980. The Kier molecular flexibility index (Phi) is 12.8. The molecule has 4 aromatic rings. The molecule has 2 unspecified atom stereocenters. The van der Waals surface area contributed by atoms with Gasteiger partial charge in [-0.15, -0.1) is 23.1 Å². The van der Waals surface area contributed by atoms with E-state index in [1.54, 1.807) is 62.4 Å². The van der Waals surface area contributed by atoms with E-state index in [0.717, 1.165) is 45.8 Å². The summed E-state index contributed by atoms with van der Waals surface area (Å²) < 4.78 is 5.42. The van der Waals surface area contributed by atoms with Crippen molar-refractivity contribution in [3.05, 3.63) is 112 Å². The molecule has 1 aromatic heterocycles. The van der Waals surface area contributed by atoms with Crippen LogP contribution in [0.3, 0.4) is 0 Å². The Morgan fingerprint density at radius 2 is 1.70 bits per heavy atom. The highest BCUT2D eigenvalue weighted by atomic mass is 32.2. The summed E-state index contributed by atoms with van der Waals surface area (Å²) in [4.78, 5) is 57.4. The summed E-state index contributed by atoms with van der Waals surface area (Å²) in [6.45, 7) is 10.6. The highest BCUT2D eigenvalue weighted by molar-refractivity contribution is 8.00. The first kappa shape index (κ1) is 39.3. The number of carbonyl (C=O) groups is 4. The summed E-state index contributed by atoms with van der Waals surface area (Å²) in [6.07, 6.45) is 4.25. The number of thiophene rings is 1. The molecule has 0 saturated carbocycles. The predicted octanol–water partition coefficient (Wildman–Crippen LogP) is 8.67. The molecule has 0 aliphatic heterocycles. The van der Waals surface area contributed by atoms with Crippen LogP contribution in [0.15, 0.2) is 89.5 Å². The van der Waals surface area contributed by atoms with Crippen LogP contribution in [0.2, 0.25) is 0 Å². The molecule has 11 heteroatoms. The zero-order valence-corrected chi connectivity index (χ0v) is 33.0. The van der Waals surface area contributed by atoms with Crippen LogP contribution in [0, 0.1) is 11.3 Å². The SMILES string of the molecule is CCOC(=O)c1c(NC(=O)C(C)Sc2cccc(NC(=O)/C(=C\c3ccc(N(C)C)cc3)NC(=O)c3ccccc3)c2)sc2c1CCC(C(C)(C)C)C2. The standard InChI is InChI=1S/C42H48N4O5S2/c1-8-51-41(50)36-33-22-19-29(42(3,4)5)24-35(33)53-40(36)45-37(47)26(2)52-32-16-12-15-30(25-32)43-39(49)34(44-38(48)28-13-10-9-11-14-28)23-27-17-20-31(21-18-27)46(6)7/h9-18,20-21,23,25-26,29H,8,19,22,24H2,1-7H3,(H,43,49)(H,44,48)(H,45,47)/b34-23+. The molecule has 1 heterocycles. The van der Waals surface area contributed by atoms with Crippen molar-refractivity contribution < 1.29 is 23.9 Å². The van der Waals surface area contributed by atoms with E-state index in [-0.39, 0.29) is 23.6 Å². The fraction of sp³-hybridized carbons (Fsp3) is 0.333. The van der Waals surface area contributed by atoms with Crippen LogP contribution in [0.1, 0.15) is 77.8 Å². The minimum Gasteiger partial charge on any atom is -0.462 e. The summed E-state index contributed by atoms with van der Waals surface area (Å²) in [5, 5.41) is 8.75. The summed E-state index contributed by atoms with van der Waals surface area (Å²) >= 11 is 2.81. The van der Waals surface area contributed by atoms with E-state index < -0.39 is 23.0 Å². The van der Waals surface area contributed by atoms with Gasteiger partial charge in [0.05, 0.1) is 17.4 Å². The minimum atomic E-state index is -0.525. The van der Waals surface area contributed by atoms with E-state index in [2.05, 4.69) is 36.7 Å². The third-order valence-corrected chi connectivity index (χ3v) is 11.5. The zero-order valence-electron chi connectivity index (χ0n) is 31.4. The maximum absolute atomic E-state index is 13.7. The van der Waals surface area contributed by atoms with Gasteiger partial charge in [0, 0.05) is 40.8 Å². The number of nitrogens with zero attached hydrogens (tertiary/aromatic N) is 1. The maximum atomic E-state index is 13.7. The second kappa shape index (κ2) is 17.3. The molecule has 0 radical (unpaired) electrons. The van der Waals surface area contributed by atoms with Gasteiger partial charge in [-0.3, -0.25) is 14.4 Å². The molecule has 0 fully saturated rings. The Balaban J connectivity index is 1.31. The van der Waals surface area contributed by atoms with Gasteiger partial charge >= 0.3 is 5.97 Å². The van der Waals surface area contributed by atoms with Gasteiger partial charge in [-0.05, 0) is 104 Å². The number of anilines is 3. The largest absolute Gasteiger partial charge is 0.462 e. The Labute approximate surface area is 320 Å². The first-order valence-electron chi connectivity index (χ1n) is 17.8. The average molecular weight is 753 g/mol. The van der Waals surface area contributed by atoms with Crippen LogP contribution in [-0.4, -0.2) is 49.6 Å². The third-order valence-electron chi connectivity index (χ3n) is 9.23. The highest BCUT2D eigenvalue weighted by Crippen LogP contribution is 2.44. The third kappa shape index (κ3) is 10.2. The van der Waals surface area contributed by atoms with Gasteiger partial charge in [-0.2, -0.15) is 0 Å². The molecule has 3 amide bonds. The van der Waals surface area contributed by atoms with Gasteiger partial charge < -0.3 is 25.6 Å². The van der Waals surface area contributed by atoms with Crippen LogP contribution in [-0.2, 0) is 27.2 Å². The van der Waals surface area contributed by atoms with Gasteiger partial charge in [0.1, 0.15) is 10.7 Å². The maximum Gasteiger partial charge on any atom is 0.341 e. The Hall–Kier alpha value is -4.87. The fourth-order valence-electron chi connectivity index (χ4n) is 6.13. The molecule has 2 atom stereocenters. The van der Waals surface area contributed by atoms with Crippen molar-refractivity contribution in [2.45, 2.75) is 64.0 Å². The fourth-order valence-corrected chi connectivity index (χ4v) is 8.37. The van der Waals surface area contributed by atoms with Gasteiger partial charge in [-0.1, -0.05) is 57.2 Å². The van der Waals surface area contributed by atoms with Crippen molar-refractivity contribution in [1.82, 2.24) is 5.32 Å². The quantitative estimate of drug-likeness (QED) is 0.0754. The summed E-state index contributed by atoms with van der Waals surface area (Å²) in [6, 6.07) is 23.5. The smallest absolute Gasteiger partial charge is 0.341 e. The van der Waals surface area contributed by atoms with Crippen molar-refractivity contribution in [2.24, 2.45) is 11.3 Å². The Morgan fingerprint density at radius 3 is 2.36 bits per heavy atom. The average Bonchev–Trinajstić information content (AvgIpc) is 3.49. The van der Waals surface area contributed by atoms with Crippen LogP contribution >= 0.6 is 23.1 Å². The van der Waals surface area contributed by atoms with Crippen LogP contribution in [0.5, 0.6) is 0 Å². The van der Waals surface area contributed by atoms with Crippen molar-refractivity contribution in [3.8, 4) is 0 Å². The first-order valence-corrected chi connectivity index (χ1v) is 19.5. The molecule has 1 aliphatic carbocycles. The highest BCUT2D eigenvalue weighted by Gasteiger charge is 2.35. The van der Waals surface area contributed by atoms with E-state index in [1.165, 1.54) is 23.1 Å². The van der Waals surface area contributed by atoms with Crippen LogP contribution < -0.4 is 20.9 Å². The summed E-state index contributed by atoms with van der Waals surface area (Å²) in [5.41, 5.74) is 4.35. The number of ether oxygens (including phenoxy) is 1. The van der Waals surface area contributed by atoms with Crippen LogP contribution in [0.4, 0.5) is 16.4 Å². The number of thioether (sulfide) groups is 1. The Morgan fingerprint density at radius 1 is 0.981 bits per heavy atom. The number of hydrogen-bond acceptors (Lipinski definition) is 8. The lowest BCUT2D eigenvalue weighted by atomic mass is 9.72. The number of hydrogen-bond donors (Lipinski definition) is 3. The van der Waals surface area contributed by atoms with Gasteiger partial charge in [-0.25, -0.2) is 4.79 Å². The zero-order chi connectivity index (χ0) is 38.3. The molecule has 9 nitrogen and oxygen atoms in total. The number of esters is 1. The topological polar surface area (TPSA) is 117 Å². The predicted molar refractivity (Wildman–Crippen MR) is 217 cm³/mol. The molecule has 3 aromatic carbocycles. The van der Waals surface area contributed by atoms with Gasteiger partial charge in [0.25, 0.3) is 11.8 Å². The minimum absolute atomic E-state index is 0.0760. The van der Waals surface area contributed by atoms with E-state index >= 15 is 0 Å². The van der Waals surface area contributed by atoms with E-state index in [9.17, 15) is 19.2 Å². The van der Waals surface area contributed by atoms with Crippen molar-refractivity contribution >= 4 is 69.2 Å². The van der Waals surface area contributed by atoms with Gasteiger partial charge in [0.15, 0.2) is 0 Å². The molecule has 3 N–H and O–H groups in total. The van der Waals surface area contributed by atoms with Crippen molar-refractivity contribution in [3.63, 3.8) is 0 Å². The number of fused-ring (bicyclic) bond motifs is 1.